The molecule has 0 aromatic carbocycles. The van der Waals surface area contributed by atoms with E-state index in [0.717, 1.165) is 26.3 Å². The number of carbonyl (C=O) groups is 1. The van der Waals surface area contributed by atoms with E-state index >= 15 is 0 Å². The minimum absolute atomic E-state index is 0.194. The van der Waals surface area contributed by atoms with Crippen LogP contribution in [-0.2, 0) is 0 Å². The van der Waals surface area contributed by atoms with Crippen molar-refractivity contribution in [3.8, 4) is 0 Å². The number of aromatic nitrogens is 1. The molecule has 19 heavy (non-hydrogen) atoms. The van der Waals surface area contributed by atoms with Crippen LogP contribution in [0.2, 0.25) is 0 Å². The Labute approximate surface area is 124 Å². The third-order valence-corrected chi connectivity index (χ3v) is 4.38. The van der Waals surface area contributed by atoms with E-state index in [-0.39, 0.29) is 5.91 Å². The summed E-state index contributed by atoms with van der Waals surface area (Å²) in [5.74, 6) is -0.194. The Hall–Kier alpha value is -1.40. The molecule has 2 aromatic rings. The Kier molecular flexibility index (Phi) is 4.21. The highest BCUT2D eigenvalue weighted by atomic mass is 79.9. The molecular weight excluding hydrogens is 326 g/mol. The summed E-state index contributed by atoms with van der Waals surface area (Å²) in [4.78, 5) is 15.6. The van der Waals surface area contributed by atoms with Gasteiger partial charge >= 0.3 is 0 Å². The average Bonchev–Trinajstić information content (AvgIpc) is 2.93. The first kappa shape index (κ1) is 14.0. The predicted molar refractivity (Wildman–Crippen MR) is 82.0 cm³/mol. The Morgan fingerprint density at radius 2 is 2.16 bits per heavy atom. The van der Waals surface area contributed by atoms with Crippen LogP contribution in [0.15, 0.2) is 27.2 Å². The number of aryl methyl sites for hydroxylation is 2. The molecule has 100 valence electrons. The van der Waals surface area contributed by atoms with Crippen LogP contribution in [-0.4, -0.2) is 16.6 Å². The van der Waals surface area contributed by atoms with Gasteiger partial charge in [0.2, 0.25) is 0 Å². The van der Waals surface area contributed by atoms with E-state index in [2.05, 4.69) is 31.4 Å². The third kappa shape index (κ3) is 3.13. The maximum absolute atomic E-state index is 11.9. The summed E-state index contributed by atoms with van der Waals surface area (Å²) >= 11 is 4.71. The number of hydrogen-bond donors (Lipinski definition) is 2. The lowest BCUT2D eigenvalue weighted by Crippen LogP contribution is -2.18. The highest BCUT2D eigenvalue weighted by molar-refractivity contribution is 9.11. The number of thiophene rings is 1. The van der Waals surface area contributed by atoms with Crippen molar-refractivity contribution in [3.05, 3.63) is 43.8 Å². The SMILES string of the molecule is C/C(=N\NC(=O)c1ccc(Br)s1)c1c(C)c[nH]c1C. The van der Waals surface area contributed by atoms with Crippen molar-refractivity contribution in [2.24, 2.45) is 5.10 Å². The summed E-state index contributed by atoms with van der Waals surface area (Å²) in [6, 6.07) is 3.61. The van der Waals surface area contributed by atoms with Crippen molar-refractivity contribution in [1.82, 2.24) is 10.4 Å². The van der Waals surface area contributed by atoms with Gasteiger partial charge in [0.15, 0.2) is 0 Å². The monoisotopic (exact) mass is 339 g/mol. The highest BCUT2D eigenvalue weighted by Crippen LogP contribution is 2.21. The highest BCUT2D eigenvalue weighted by Gasteiger charge is 2.10. The smallest absolute Gasteiger partial charge is 0.281 e. The summed E-state index contributed by atoms with van der Waals surface area (Å²) in [6.45, 7) is 5.88. The van der Waals surface area contributed by atoms with Crippen LogP contribution in [0.1, 0.15) is 33.4 Å². The second-order valence-electron chi connectivity index (χ2n) is 4.21. The molecule has 2 rings (SSSR count). The number of aromatic amines is 1. The van der Waals surface area contributed by atoms with Crippen molar-refractivity contribution in [2.75, 3.05) is 0 Å². The molecular formula is C13H14BrN3OS. The molecule has 0 saturated carbocycles. The van der Waals surface area contributed by atoms with Crippen molar-refractivity contribution in [1.29, 1.82) is 0 Å². The molecule has 0 atom stereocenters. The third-order valence-electron chi connectivity index (χ3n) is 2.76. The summed E-state index contributed by atoms with van der Waals surface area (Å²) in [5, 5.41) is 4.16. The van der Waals surface area contributed by atoms with Crippen LogP contribution in [0.4, 0.5) is 0 Å². The van der Waals surface area contributed by atoms with Crippen LogP contribution < -0.4 is 5.43 Å². The van der Waals surface area contributed by atoms with Gasteiger partial charge in [-0.2, -0.15) is 5.10 Å². The van der Waals surface area contributed by atoms with Crippen LogP contribution >= 0.6 is 27.3 Å². The molecule has 0 bridgehead atoms. The molecule has 0 saturated heterocycles. The van der Waals surface area contributed by atoms with Crippen LogP contribution in [0, 0.1) is 13.8 Å². The summed E-state index contributed by atoms with van der Waals surface area (Å²) < 4.78 is 0.927. The first-order valence-corrected chi connectivity index (χ1v) is 7.35. The number of amides is 1. The fraction of sp³-hybridized carbons (Fsp3) is 0.231. The fourth-order valence-electron chi connectivity index (χ4n) is 1.90. The van der Waals surface area contributed by atoms with Gasteiger partial charge in [-0.25, -0.2) is 5.43 Å². The number of H-pyrrole nitrogens is 1. The molecule has 0 aliphatic rings. The molecule has 2 aromatic heterocycles. The van der Waals surface area contributed by atoms with E-state index in [1.165, 1.54) is 11.3 Å². The summed E-state index contributed by atoms with van der Waals surface area (Å²) in [7, 11) is 0. The molecule has 0 aliphatic carbocycles. The largest absolute Gasteiger partial charge is 0.364 e. The molecule has 0 aliphatic heterocycles. The van der Waals surface area contributed by atoms with Gasteiger partial charge in [-0.15, -0.1) is 11.3 Å². The van der Waals surface area contributed by atoms with E-state index in [4.69, 9.17) is 0 Å². The quantitative estimate of drug-likeness (QED) is 0.651. The number of halogens is 1. The molecule has 4 nitrogen and oxygen atoms in total. The number of rotatable bonds is 3. The van der Waals surface area contributed by atoms with Crippen molar-refractivity contribution >= 4 is 38.9 Å². The lowest BCUT2D eigenvalue weighted by atomic mass is 10.1. The summed E-state index contributed by atoms with van der Waals surface area (Å²) in [6.07, 6.45) is 1.93. The molecule has 2 N–H and O–H groups in total. The number of hydrazone groups is 1. The lowest BCUT2D eigenvalue weighted by molar-refractivity contribution is 0.0959. The maximum Gasteiger partial charge on any atom is 0.281 e. The first-order chi connectivity index (χ1) is 8.99. The van der Waals surface area contributed by atoms with Gasteiger partial charge in [0.25, 0.3) is 5.91 Å². The minimum Gasteiger partial charge on any atom is -0.364 e. The van der Waals surface area contributed by atoms with E-state index in [1.54, 1.807) is 6.07 Å². The van der Waals surface area contributed by atoms with Gasteiger partial charge in [0, 0.05) is 17.5 Å². The molecule has 1 amide bonds. The zero-order chi connectivity index (χ0) is 14.0. The molecule has 2 heterocycles. The predicted octanol–water partition coefficient (Wildman–Crippen LogP) is 3.61. The van der Waals surface area contributed by atoms with Crippen molar-refractivity contribution in [2.45, 2.75) is 20.8 Å². The van der Waals surface area contributed by atoms with Gasteiger partial charge in [0.1, 0.15) is 0 Å². The topological polar surface area (TPSA) is 57.2 Å². The first-order valence-electron chi connectivity index (χ1n) is 5.74. The van der Waals surface area contributed by atoms with Crippen LogP contribution in [0.25, 0.3) is 0 Å². The number of nitrogens with zero attached hydrogens (tertiary/aromatic N) is 1. The molecule has 0 fully saturated rings. The Morgan fingerprint density at radius 1 is 1.42 bits per heavy atom. The number of nitrogens with one attached hydrogen (secondary N) is 2. The second kappa shape index (κ2) is 5.71. The molecule has 0 unspecified atom stereocenters. The molecule has 6 heteroatoms. The average molecular weight is 340 g/mol. The Morgan fingerprint density at radius 3 is 2.68 bits per heavy atom. The number of hydrogen-bond acceptors (Lipinski definition) is 3. The van der Waals surface area contributed by atoms with Crippen molar-refractivity contribution in [3.63, 3.8) is 0 Å². The fourth-order valence-corrected chi connectivity index (χ4v) is 3.17. The van der Waals surface area contributed by atoms with E-state index in [0.29, 0.717) is 4.88 Å². The van der Waals surface area contributed by atoms with Gasteiger partial charge in [-0.1, -0.05) is 0 Å². The zero-order valence-electron chi connectivity index (χ0n) is 10.9. The lowest BCUT2D eigenvalue weighted by Gasteiger charge is -2.02. The van der Waals surface area contributed by atoms with E-state index < -0.39 is 0 Å². The molecule has 0 radical (unpaired) electrons. The maximum atomic E-state index is 11.9. The summed E-state index contributed by atoms with van der Waals surface area (Å²) in [5.41, 5.74) is 6.59. The second-order valence-corrected chi connectivity index (χ2v) is 6.68. The van der Waals surface area contributed by atoms with Gasteiger partial charge in [0.05, 0.1) is 14.4 Å². The van der Waals surface area contributed by atoms with E-state index in [1.807, 2.05) is 33.0 Å². The normalized spacial score (nSPS) is 11.7. The van der Waals surface area contributed by atoms with Crippen LogP contribution in [0.3, 0.4) is 0 Å². The van der Waals surface area contributed by atoms with Gasteiger partial charge in [-0.05, 0) is 54.4 Å². The minimum atomic E-state index is -0.194. The van der Waals surface area contributed by atoms with Crippen LogP contribution in [0.5, 0.6) is 0 Å². The Balaban J connectivity index is 2.13. The van der Waals surface area contributed by atoms with Gasteiger partial charge in [-0.3, -0.25) is 4.79 Å². The molecule has 0 spiro atoms. The zero-order valence-corrected chi connectivity index (χ0v) is 13.3. The standard InChI is InChI=1S/C13H14BrN3OS/c1-7-6-15-8(2)12(7)9(3)16-17-13(18)10-4-5-11(14)19-10/h4-6,15H,1-3H3,(H,17,18)/b16-9+. The van der Waals surface area contributed by atoms with E-state index in [9.17, 15) is 4.79 Å². The Bertz CT molecular complexity index is 623. The number of carbonyl (C=O) groups excluding carboxylic acids is 1. The van der Waals surface area contributed by atoms with Crippen molar-refractivity contribution < 1.29 is 4.79 Å². The van der Waals surface area contributed by atoms with Gasteiger partial charge < -0.3 is 4.98 Å².